The number of pyridine rings is 1. The molecule has 2 aromatic heterocycles. The number of H-pyrrole nitrogens is 1. The van der Waals surface area contributed by atoms with Crippen LogP contribution >= 0.6 is 0 Å². The summed E-state index contributed by atoms with van der Waals surface area (Å²) in [7, 11) is 0. The Labute approximate surface area is 192 Å². The lowest BCUT2D eigenvalue weighted by atomic mass is 10.1. The fourth-order valence-electron chi connectivity index (χ4n) is 4.59. The molecule has 3 aromatic rings. The fraction of sp³-hybridized carbons (Fsp3) is 0.320. The highest BCUT2D eigenvalue weighted by Gasteiger charge is 2.27. The molecule has 0 bridgehead atoms. The smallest absolute Gasteiger partial charge is 0.268 e. The summed E-state index contributed by atoms with van der Waals surface area (Å²) in [5.74, 6) is 2.13. The molecule has 1 atom stereocenters. The summed E-state index contributed by atoms with van der Waals surface area (Å²) >= 11 is 0. The van der Waals surface area contributed by atoms with Crippen molar-refractivity contribution in [3.05, 3.63) is 71.9 Å². The van der Waals surface area contributed by atoms with Gasteiger partial charge in [-0.25, -0.2) is 14.4 Å². The standard InChI is InChI=1S/C25H28FN7/c26-19-5-1-4-18(16-19)22-7-3-13-33(22)23(27)9-10-24-29-17-21(30-24)20-6-2-8-25(31-20)32-14-11-28-12-15-32/h1-2,4-6,8-10,16-17,22,28H,3,7,11-15H2,(H2,27,29,30,31)/p+1/t22-/m1/s1. The van der Waals surface area contributed by atoms with E-state index in [4.69, 9.17) is 10.7 Å². The van der Waals surface area contributed by atoms with Crippen LogP contribution < -0.4 is 16.0 Å². The number of aromatic amines is 1. The molecule has 1 aromatic carbocycles. The molecule has 4 N–H and O–H groups in total. The van der Waals surface area contributed by atoms with Crippen molar-refractivity contribution >= 4 is 17.7 Å². The fourth-order valence-corrected chi connectivity index (χ4v) is 4.59. The Kier molecular flexibility index (Phi) is 6.17. The number of rotatable bonds is 5. The summed E-state index contributed by atoms with van der Waals surface area (Å²) in [6.45, 7) is 4.70. The lowest BCUT2D eigenvalue weighted by Crippen LogP contribution is -2.43. The van der Waals surface area contributed by atoms with E-state index in [0.717, 1.165) is 68.3 Å². The monoisotopic (exact) mass is 446 g/mol. The zero-order valence-electron chi connectivity index (χ0n) is 18.5. The maximum atomic E-state index is 13.7. The van der Waals surface area contributed by atoms with E-state index in [-0.39, 0.29) is 11.9 Å². The van der Waals surface area contributed by atoms with E-state index in [2.05, 4.69) is 24.8 Å². The number of nitrogens with two attached hydrogens (primary N) is 1. The SMILES string of the molecule is NC(/C=C\c1ncc(-c2cccc(N3CCNCC3)n2)[nH]1)=[N+]1CCC[C@@H]1c1cccc(F)c1. The first-order valence-corrected chi connectivity index (χ1v) is 11.5. The van der Waals surface area contributed by atoms with E-state index >= 15 is 0 Å². The first-order chi connectivity index (χ1) is 16.2. The largest absolute Gasteiger partial charge is 0.354 e. The zero-order chi connectivity index (χ0) is 22.6. The molecule has 2 saturated heterocycles. The van der Waals surface area contributed by atoms with Gasteiger partial charge >= 0.3 is 0 Å². The van der Waals surface area contributed by atoms with Gasteiger partial charge in [0.1, 0.15) is 23.5 Å². The highest BCUT2D eigenvalue weighted by atomic mass is 19.1. The number of nitrogens with zero attached hydrogens (tertiary/aromatic N) is 4. The molecule has 0 amide bonds. The lowest BCUT2D eigenvalue weighted by Gasteiger charge is -2.28. The molecule has 170 valence electrons. The second-order valence-electron chi connectivity index (χ2n) is 8.46. The van der Waals surface area contributed by atoms with Gasteiger partial charge in [0.05, 0.1) is 24.1 Å². The molecular weight excluding hydrogens is 417 g/mol. The molecule has 4 heterocycles. The number of imidazole rings is 1. The number of nitrogens with one attached hydrogen (secondary N) is 2. The van der Waals surface area contributed by atoms with E-state index in [1.807, 2.05) is 36.4 Å². The minimum Gasteiger partial charge on any atom is -0.354 e. The maximum absolute atomic E-state index is 13.7. The summed E-state index contributed by atoms with van der Waals surface area (Å²) in [5.41, 5.74) is 9.10. The van der Waals surface area contributed by atoms with E-state index in [1.165, 1.54) is 6.07 Å². The van der Waals surface area contributed by atoms with Gasteiger partial charge in [0.25, 0.3) is 5.84 Å². The maximum Gasteiger partial charge on any atom is 0.268 e. The number of benzene rings is 1. The van der Waals surface area contributed by atoms with Crippen LogP contribution in [0.4, 0.5) is 10.2 Å². The van der Waals surface area contributed by atoms with Gasteiger partial charge in [0.2, 0.25) is 0 Å². The van der Waals surface area contributed by atoms with Gasteiger partial charge in [-0.2, -0.15) is 0 Å². The Bertz CT molecular complexity index is 1180. The van der Waals surface area contributed by atoms with Crippen LogP contribution in [0.3, 0.4) is 0 Å². The van der Waals surface area contributed by atoms with Crippen LogP contribution in [0.15, 0.2) is 54.7 Å². The molecule has 2 fully saturated rings. The van der Waals surface area contributed by atoms with Crippen molar-refractivity contribution in [1.82, 2.24) is 20.3 Å². The molecule has 0 spiro atoms. The third kappa shape index (κ3) is 4.80. The van der Waals surface area contributed by atoms with Crippen LogP contribution in [-0.4, -0.2) is 58.1 Å². The van der Waals surface area contributed by atoms with Gasteiger partial charge in [0.15, 0.2) is 0 Å². The Morgan fingerprint density at radius 3 is 2.88 bits per heavy atom. The predicted molar refractivity (Wildman–Crippen MR) is 129 cm³/mol. The number of hydrogen-bond donors (Lipinski definition) is 3. The van der Waals surface area contributed by atoms with Crippen molar-refractivity contribution in [3.63, 3.8) is 0 Å². The average Bonchev–Trinajstić information content (AvgIpc) is 3.53. The van der Waals surface area contributed by atoms with Crippen molar-refractivity contribution in [2.45, 2.75) is 18.9 Å². The van der Waals surface area contributed by atoms with Gasteiger partial charge in [0, 0.05) is 32.3 Å². The Hall–Kier alpha value is -3.52. The molecule has 2 aliphatic rings. The molecule has 0 radical (unpaired) electrons. The third-order valence-corrected chi connectivity index (χ3v) is 6.28. The second-order valence-corrected chi connectivity index (χ2v) is 8.46. The summed E-state index contributed by atoms with van der Waals surface area (Å²) in [5, 5.41) is 3.37. The van der Waals surface area contributed by atoms with Crippen LogP contribution in [0.25, 0.3) is 17.5 Å². The third-order valence-electron chi connectivity index (χ3n) is 6.28. The number of piperazine rings is 1. The van der Waals surface area contributed by atoms with E-state index in [0.29, 0.717) is 11.7 Å². The summed E-state index contributed by atoms with van der Waals surface area (Å²) in [6, 6.07) is 12.9. The van der Waals surface area contributed by atoms with Crippen molar-refractivity contribution < 1.29 is 8.97 Å². The van der Waals surface area contributed by atoms with Crippen LogP contribution in [0, 0.1) is 5.82 Å². The van der Waals surface area contributed by atoms with Crippen molar-refractivity contribution in [2.24, 2.45) is 5.73 Å². The lowest BCUT2D eigenvalue weighted by molar-refractivity contribution is -0.550. The number of halogens is 1. The van der Waals surface area contributed by atoms with Crippen molar-refractivity contribution in [3.8, 4) is 11.4 Å². The minimum absolute atomic E-state index is 0.0921. The molecule has 8 heteroatoms. The molecule has 2 aliphatic heterocycles. The topological polar surface area (TPSA) is 85.9 Å². The number of aromatic nitrogens is 3. The Morgan fingerprint density at radius 1 is 1.18 bits per heavy atom. The predicted octanol–water partition coefficient (Wildman–Crippen LogP) is 2.94. The normalized spacial score (nSPS) is 20.5. The number of anilines is 1. The summed E-state index contributed by atoms with van der Waals surface area (Å²) in [6.07, 6.45) is 7.52. The van der Waals surface area contributed by atoms with Gasteiger partial charge in [-0.05, 0) is 48.7 Å². The van der Waals surface area contributed by atoms with Crippen LogP contribution in [0.1, 0.15) is 30.3 Å². The summed E-state index contributed by atoms with van der Waals surface area (Å²) in [4.78, 5) is 14.9. The highest BCUT2D eigenvalue weighted by molar-refractivity contribution is 5.91. The Balaban J connectivity index is 1.33. The first kappa shape index (κ1) is 21.3. The van der Waals surface area contributed by atoms with E-state index in [9.17, 15) is 4.39 Å². The average molecular weight is 447 g/mol. The van der Waals surface area contributed by atoms with Crippen LogP contribution in [-0.2, 0) is 0 Å². The minimum atomic E-state index is -0.216. The number of amidine groups is 1. The molecule has 0 saturated carbocycles. The molecule has 33 heavy (non-hydrogen) atoms. The molecule has 0 aliphatic carbocycles. The molecule has 7 nitrogen and oxygen atoms in total. The van der Waals surface area contributed by atoms with Gasteiger partial charge in [-0.3, -0.25) is 10.3 Å². The molecule has 5 rings (SSSR count). The van der Waals surface area contributed by atoms with Crippen molar-refractivity contribution in [2.75, 3.05) is 37.6 Å². The van der Waals surface area contributed by atoms with E-state index < -0.39 is 0 Å². The second kappa shape index (κ2) is 9.54. The zero-order valence-corrected chi connectivity index (χ0v) is 18.5. The molecule has 0 unspecified atom stereocenters. The van der Waals surface area contributed by atoms with E-state index in [1.54, 1.807) is 18.3 Å². The van der Waals surface area contributed by atoms with Crippen LogP contribution in [0.2, 0.25) is 0 Å². The highest BCUT2D eigenvalue weighted by Crippen LogP contribution is 2.29. The Morgan fingerprint density at radius 2 is 2.03 bits per heavy atom. The number of hydrogen-bond acceptors (Lipinski definition) is 4. The summed E-state index contributed by atoms with van der Waals surface area (Å²) < 4.78 is 15.8. The van der Waals surface area contributed by atoms with Gasteiger partial charge < -0.3 is 15.2 Å². The van der Waals surface area contributed by atoms with Crippen LogP contribution in [0.5, 0.6) is 0 Å². The van der Waals surface area contributed by atoms with Gasteiger partial charge in [-0.1, -0.05) is 18.2 Å². The first-order valence-electron chi connectivity index (χ1n) is 11.5. The molecular formula is C25H29FN7+. The van der Waals surface area contributed by atoms with Gasteiger partial charge in [-0.15, -0.1) is 0 Å². The van der Waals surface area contributed by atoms with Crippen molar-refractivity contribution in [1.29, 1.82) is 0 Å². The quantitative estimate of drug-likeness (QED) is 0.415.